The predicted molar refractivity (Wildman–Crippen MR) is 223 cm³/mol. The van der Waals surface area contributed by atoms with Crippen molar-refractivity contribution in [3.63, 3.8) is 0 Å². The zero-order valence-corrected chi connectivity index (χ0v) is 32.1. The molecule has 266 valence electrons. The smallest absolute Gasteiger partial charge is 0.138 e. The highest BCUT2D eigenvalue weighted by Gasteiger charge is 2.21. The van der Waals surface area contributed by atoms with E-state index in [1.54, 1.807) is 0 Å². The van der Waals surface area contributed by atoms with E-state index in [0.717, 1.165) is 51.7 Å². The molecular weight excluding hydrogens is 649 g/mol. The summed E-state index contributed by atoms with van der Waals surface area (Å²) in [4.78, 5) is 9.47. The molecule has 53 heavy (non-hydrogen) atoms. The van der Waals surface area contributed by atoms with Gasteiger partial charge < -0.3 is 14.5 Å². The second-order valence-electron chi connectivity index (χ2n) is 16.4. The highest BCUT2D eigenvalue weighted by molar-refractivity contribution is 6.09. The summed E-state index contributed by atoms with van der Waals surface area (Å²) >= 11 is 0. The van der Waals surface area contributed by atoms with Gasteiger partial charge in [0.15, 0.2) is 0 Å². The lowest BCUT2D eigenvalue weighted by Crippen LogP contribution is -2.25. The number of nitrogens with zero attached hydrogens (tertiary/aromatic N) is 4. The van der Waals surface area contributed by atoms with Crippen LogP contribution in [0.2, 0.25) is 0 Å². The fraction of sp³-hybridized carbons (Fsp3) is 0.229. The van der Waals surface area contributed by atoms with E-state index < -0.39 is 0 Å². The number of rotatable bonds is 6. The molecule has 1 aliphatic rings. The third-order valence-corrected chi connectivity index (χ3v) is 10.5. The maximum Gasteiger partial charge on any atom is 0.138 e. The van der Waals surface area contributed by atoms with E-state index in [9.17, 15) is 0 Å². The zero-order chi connectivity index (χ0) is 37.1. The van der Waals surface area contributed by atoms with Crippen molar-refractivity contribution in [2.45, 2.75) is 66.2 Å². The summed E-state index contributed by atoms with van der Waals surface area (Å²) in [5, 5.41) is 2.34. The van der Waals surface area contributed by atoms with Crippen LogP contribution in [-0.2, 0) is 10.8 Å². The second-order valence-corrected chi connectivity index (χ2v) is 16.4. The zero-order valence-electron chi connectivity index (χ0n) is 32.1. The number of hydrogen-bond acceptors (Lipinski definition) is 4. The minimum Gasteiger partial charge on any atom is -0.457 e. The van der Waals surface area contributed by atoms with Crippen molar-refractivity contribution in [3.8, 4) is 28.4 Å². The van der Waals surface area contributed by atoms with Crippen molar-refractivity contribution in [1.82, 2.24) is 9.55 Å². The Morgan fingerprint density at radius 2 is 1.21 bits per heavy atom. The van der Waals surface area contributed by atoms with Crippen LogP contribution in [0.5, 0.6) is 11.5 Å². The molecule has 0 amide bonds. The van der Waals surface area contributed by atoms with Gasteiger partial charge in [0.05, 0.1) is 17.7 Å². The van der Waals surface area contributed by atoms with Crippen LogP contribution >= 0.6 is 0 Å². The SMILES string of the molecule is Cc1cc(C(C)(C)C)cc(C)c1-c1ccnc(-n2c3ccccc3c3ccc(Oc4cccc(N5C=CN(c6cccc(C(C)(C)C)c6)C5)c4)cc32)c1. The van der Waals surface area contributed by atoms with Gasteiger partial charge in [-0.05, 0) is 113 Å². The number of anilines is 2. The van der Waals surface area contributed by atoms with Crippen LogP contribution in [0.25, 0.3) is 38.8 Å². The number of pyridine rings is 1. The highest BCUT2D eigenvalue weighted by Crippen LogP contribution is 2.38. The van der Waals surface area contributed by atoms with Crippen molar-refractivity contribution in [3.05, 3.63) is 156 Å². The first-order valence-electron chi connectivity index (χ1n) is 18.6. The number of ether oxygens (including phenoxy) is 1. The molecule has 8 rings (SSSR count). The summed E-state index contributed by atoms with van der Waals surface area (Å²) in [5.41, 5.74) is 12.3. The molecule has 0 spiro atoms. The molecular formula is C48H48N4O. The maximum atomic E-state index is 6.60. The Hall–Kier alpha value is -5.81. The van der Waals surface area contributed by atoms with Crippen LogP contribution in [0, 0.1) is 13.8 Å². The van der Waals surface area contributed by atoms with Crippen LogP contribution in [0.15, 0.2) is 134 Å². The normalized spacial score (nSPS) is 13.4. The van der Waals surface area contributed by atoms with E-state index >= 15 is 0 Å². The molecule has 0 atom stereocenters. The topological polar surface area (TPSA) is 33.5 Å². The first-order valence-corrected chi connectivity index (χ1v) is 18.6. The van der Waals surface area contributed by atoms with E-state index in [1.807, 2.05) is 12.3 Å². The van der Waals surface area contributed by atoms with Gasteiger partial charge in [0, 0.05) is 52.9 Å². The number of hydrogen-bond donors (Lipinski definition) is 0. The van der Waals surface area contributed by atoms with E-state index in [2.05, 4.69) is 191 Å². The number of aromatic nitrogens is 2. The van der Waals surface area contributed by atoms with Gasteiger partial charge in [-0.3, -0.25) is 4.57 Å². The standard InChI is InChI=1S/C48H48N4O/c1-32-25-36(48(6,7)8)26-33(2)46(32)34-21-22-49-45(27-34)52-43-18-10-9-17-41(43)42-20-19-40(30-44(42)52)53-39-16-12-15-38(29-39)51-24-23-50(31-51)37-14-11-13-35(28-37)47(3,4)5/h9-30H,31H2,1-8H3. The Labute approximate surface area is 313 Å². The van der Waals surface area contributed by atoms with Gasteiger partial charge in [-0.15, -0.1) is 0 Å². The van der Waals surface area contributed by atoms with Crippen LogP contribution in [0.1, 0.15) is 63.8 Å². The van der Waals surface area contributed by atoms with E-state index in [1.165, 1.54) is 38.9 Å². The molecule has 7 aromatic rings. The van der Waals surface area contributed by atoms with Crippen LogP contribution in [-0.4, -0.2) is 16.2 Å². The van der Waals surface area contributed by atoms with Crippen molar-refractivity contribution in [2.24, 2.45) is 0 Å². The highest BCUT2D eigenvalue weighted by atomic mass is 16.5. The average molecular weight is 697 g/mol. The summed E-state index contributed by atoms with van der Waals surface area (Å²) in [7, 11) is 0. The van der Waals surface area contributed by atoms with E-state index in [0.29, 0.717) is 0 Å². The van der Waals surface area contributed by atoms with Gasteiger partial charge in [0.2, 0.25) is 0 Å². The molecule has 3 heterocycles. The molecule has 0 saturated heterocycles. The third kappa shape index (κ3) is 6.57. The van der Waals surface area contributed by atoms with Crippen molar-refractivity contribution >= 4 is 33.2 Å². The summed E-state index contributed by atoms with van der Waals surface area (Å²) in [6.45, 7) is 18.8. The molecule has 5 heteroatoms. The Kier molecular flexibility index (Phi) is 8.41. The Morgan fingerprint density at radius 1 is 0.566 bits per heavy atom. The second kappa shape index (κ2) is 13.0. The molecule has 0 N–H and O–H groups in total. The third-order valence-electron chi connectivity index (χ3n) is 10.5. The Morgan fingerprint density at radius 3 is 1.92 bits per heavy atom. The lowest BCUT2D eigenvalue weighted by Gasteiger charge is -2.24. The van der Waals surface area contributed by atoms with Crippen LogP contribution in [0.4, 0.5) is 11.4 Å². The molecule has 0 fully saturated rings. The van der Waals surface area contributed by atoms with Gasteiger partial charge in [0.25, 0.3) is 0 Å². The number of fused-ring (bicyclic) bond motifs is 3. The summed E-state index contributed by atoms with van der Waals surface area (Å²) in [5.74, 6) is 2.44. The fourth-order valence-corrected chi connectivity index (χ4v) is 7.58. The van der Waals surface area contributed by atoms with Gasteiger partial charge in [-0.2, -0.15) is 0 Å². The molecule has 0 unspecified atom stereocenters. The summed E-state index contributed by atoms with van der Waals surface area (Å²) in [6.07, 6.45) is 6.22. The van der Waals surface area contributed by atoms with Crippen molar-refractivity contribution in [2.75, 3.05) is 16.5 Å². The molecule has 0 bridgehead atoms. The fourth-order valence-electron chi connectivity index (χ4n) is 7.58. The maximum absolute atomic E-state index is 6.60. The minimum absolute atomic E-state index is 0.0904. The molecule has 2 aromatic heterocycles. The van der Waals surface area contributed by atoms with Crippen molar-refractivity contribution < 1.29 is 4.74 Å². The lowest BCUT2D eigenvalue weighted by atomic mass is 9.83. The summed E-state index contributed by atoms with van der Waals surface area (Å²) in [6, 6.07) is 41.1. The van der Waals surface area contributed by atoms with Gasteiger partial charge in [-0.25, -0.2) is 4.98 Å². The summed E-state index contributed by atoms with van der Waals surface area (Å²) < 4.78 is 8.87. The lowest BCUT2D eigenvalue weighted by molar-refractivity contribution is 0.483. The first kappa shape index (κ1) is 34.3. The Balaban J connectivity index is 1.11. The molecule has 0 radical (unpaired) electrons. The number of para-hydroxylation sites is 1. The van der Waals surface area contributed by atoms with Crippen LogP contribution in [0.3, 0.4) is 0 Å². The largest absolute Gasteiger partial charge is 0.457 e. The van der Waals surface area contributed by atoms with E-state index in [4.69, 9.17) is 9.72 Å². The molecule has 5 aromatic carbocycles. The monoisotopic (exact) mass is 696 g/mol. The Bertz CT molecular complexity index is 2500. The number of aryl methyl sites for hydroxylation is 2. The van der Waals surface area contributed by atoms with Gasteiger partial charge in [-0.1, -0.05) is 90.1 Å². The molecule has 0 saturated carbocycles. The van der Waals surface area contributed by atoms with Gasteiger partial charge >= 0.3 is 0 Å². The molecule has 0 aliphatic carbocycles. The van der Waals surface area contributed by atoms with Gasteiger partial charge in [0.1, 0.15) is 17.3 Å². The first-order chi connectivity index (χ1) is 25.3. The minimum atomic E-state index is 0.0904. The number of benzene rings is 5. The quantitative estimate of drug-likeness (QED) is 0.173. The average Bonchev–Trinajstić information content (AvgIpc) is 3.75. The van der Waals surface area contributed by atoms with E-state index in [-0.39, 0.29) is 10.8 Å². The van der Waals surface area contributed by atoms with Crippen molar-refractivity contribution in [1.29, 1.82) is 0 Å². The molecule has 1 aliphatic heterocycles. The van der Waals surface area contributed by atoms with Crippen LogP contribution < -0.4 is 14.5 Å². The predicted octanol–water partition coefficient (Wildman–Crippen LogP) is 12.6. The molecule has 5 nitrogen and oxygen atoms in total.